The van der Waals surface area contributed by atoms with Gasteiger partial charge in [-0.15, -0.1) is 0 Å². The maximum atomic E-state index is 12.2. The van der Waals surface area contributed by atoms with Gasteiger partial charge in [-0.25, -0.2) is 0 Å². The molecular formula is C17H26N2O. The number of aryl methyl sites for hydroxylation is 2. The molecule has 1 saturated carbocycles. The summed E-state index contributed by atoms with van der Waals surface area (Å²) < 4.78 is 0. The zero-order chi connectivity index (χ0) is 14.5. The quantitative estimate of drug-likeness (QED) is 0.866. The summed E-state index contributed by atoms with van der Waals surface area (Å²) in [5, 5.41) is 3.14. The second kappa shape index (κ2) is 6.89. The van der Waals surface area contributed by atoms with Crippen molar-refractivity contribution in [1.82, 2.24) is 5.32 Å². The lowest BCUT2D eigenvalue weighted by Gasteiger charge is -2.23. The lowest BCUT2D eigenvalue weighted by Crippen LogP contribution is -2.45. The zero-order valence-electron chi connectivity index (χ0n) is 12.6. The highest BCUT2D eigenvalue weighted by molar-refractivity contribution is 5.79. The second-order valence-corrected chi connectivity index (χ2v) is 6.06. The van der Waals surface area contributed by atoms with Crippen LogP contribution in [0.15, 0.2) is 18.2 Å². The number of nitrogens with two attached hydrogens (primary N) is 1. The van der Waals surface area contributed by atoms with E-state index in [1.165, 1.54) is 36.8 Å². The Balaban J connectivity index is 1.95. The molecule has 1 unspecified atom stereocenters. The highest BCUT2D eigenvalue weighted by Gasteiger charge is 2.25. The summed E-state index contributed by atoms with van der Waals surface area (Å²) in [4.78, 5) is 12.2. The first-order valence-electron chi connectivity index (χ1n) is 7.65. The molecule has 2 rings (SSSR count). The van der Waals surface area contributed by atoms with Gasteiger partial charge in [-0.1, -0.05) is 36.6 Å². The van der Waals surface area contributed by atoms with Crippen molar-refractivity contribution in [2.45, 2.75) is 52.0 Å². The van der Waals surface area contributed by atoms with E-state index in [1.807, 2.05) is 0 Å². The van der Waals surface area contributed by atoms with Crippen LogP contribution >= 0.6 is 0 Å². The normalized spacial score (nSPS) is 17.1. The van der Waals surface area contributed by atoms with Crippen LogP contribution in [0, 0.1) is 19.8 Å². The van der Waals surface area contributed by atoms with Gasteiger partial charge in [-0.3, -0.25) is 4.79 Å². The van der Waals surface area contributed by atoms with Gasteiger partial charge in [0, 0.05) is 12.6 Å². The molecule has 0 spiro atoms. The Morgan fingerprint density at radius 3 is 2.70 bits per heavy atom. The lowest BCUT2D eigenvalue weighted by molar-refractivity contribution is -0.121. The van der Waals surface area contributed by atoms with E-state index in [0.717, 1.165) is 5.56 Å². The van der Waals surface area contributed by atoms with Crippen LogP contribution in [0.5, 0.6) is 0 Å². The van der Waals surface area contributed by atoms with Crippen molar-refractivity contribution in [3.8, 4) is 0 Å². The molecule has 0 aromatic heterocycles. The highest BCUT2D eigenvalue weighted by atomic mass is 16.1. The summed E-state index contributed by atoms with van der Waals surface area (Å²) in [7, 11) is 0. The van der Waals surface area contributed by atoms with Gasteiger partial charge in [0.1, 0.15) is 0 Å². The molecular weight excluding hydrogens is 248 g/mol. The fraction of sp³-hybridized carbons (Fsp3) is 0.588. The van der Waals surface area contributed by atoms with Crippen LogP contribution in [0.4, 0.5) is 0 Å². The summed E-state index contributed by atoms with van der Waals surface area (Å²) >= 11 is 0. The van der Waals surface area contributed by atoms with E-state index in [4.69, 9.17) is 5.73 Å². The van der Waals surface area contributed by atoms with Gasteiger partial charge < -0.3 is 11.1 Å². The van der Waals surface area contributed by atoms with Crippen LogP contribution in [-0.4, -0.2) is 18.5 Å². The van der Waals surface area contributed by atoms with Gasteiger partial charge in [-0.2, -0.15) is 0 Å². The molecule has 0 aliphatic heterocycles. The molecule has 20 heavy (non-hydrogen) atoms. The average Bonchev–Trinajstić information content (AvgIpc) is 2.94. The molecule has 0 saturated heterocycles. The fourth-order valence-corrected chi connectivity index (χ4v) is 3.15. The molecule has 3 N–H and O–H groups in total. The van der Waals surface area contributed by atoms with Crippen LogP contribution in [-0.2, 0) is 11.2 Å². The SMILES string of the molecule is Cc1ccc(C)c(CC(=O)NC(CN)C2CCCC2)c1. The monoisotopic (exact) mass is 274 g/mol. The number of carbonyl (C=O) groups excluding carboxylic acids is 1. The van der Waals surface area contributed by atoms with E-state index < -0.39 is 0 Å². The molecule has 1 aromatic carbocycles. The molecule has 3 nitrogen and oxygen atoms in total. The molecule has 1 atom stereocenters. The summed E-state index contributed by atoms with van der Waals surface area (Å²) in [5.41, 5.74) is 9.32. The minimum Gasteiger partial charge on any atom is -0.352 e. The maximum absolute atomic E-state index is 12.2. The van der Waals surface area contributed by atoms with Crippen LogP contribution in [0.25, 0.3) is 0 Å². The minimum atomic E-state index is 0.0982. The molecule has 1 amide bonds. The van der Waals surface area contributed by atoms with Crippen molar-refractivity contribution in [1.29, 1.82) is 0 Å². The number of nitrogens with one attached hydrogen (secondary N) is 1. The second-order valence-electron chi connectivity index (χ2n) is 6.06. The van der Waals surface area contributed by atoms with E-state index in [1.54, 1.807) is 0 Å². The van der Waals surface area contributed by atoms with Gasteiger partial charge in [0.05, 0.1) is 6.42 Å². The number of hydrogen-bond acceptors (Lipinski definition) is 2. The van der Waals surface area contributed by atoms with Crippen LogP contribution in [0.1, 0.15) is 42.4 Å². The molecule has 0 radical (unpaired) electrons. The number of rotatable bonds is 5. The Bertz CT molecular complexity index is 464. The van der Waals surface area contributed by atoms with Crippen molar-refractivity contribution in [2.75, 3.05) is 6.54 Å². The average molecular weight is 274 g/mol. The molecule has 3 heteroatoms. The molecule has 1 aliphatic rings. The van der Waals surface area contributed by atoms with Gasteiger partial charge in [0.25, 0.3) is 0 Å². The lowest BCUT2D eigenvalue weighted by atomic mass is 9.97. The summed E-state index contributed by atoms with van der Waals surface area (Å²) in [5.74, 6) is 0.670. The first-order chi connectivity index (χ1) is 9.60. The number of amides is 1. The summed E-state index contributed by atoms with van der Waals surface area (Å²) in [6.07, 6.45) is 5.40. The summed E-state index contributed by atoms with van der Waals surface area (Å²) in [6, 6.07) is 6.41. The van der Waals surface area contributed by atoms with Crippen molar-refractivity contribution in [2.24, 2.45) is 11.7 Å². The predicted octanol–water partition coefficient (Wildman–Crippen LogP) is 2.48. The minimum absolute atomic E-state index is 0.0982. The first kappa shape index (κ1) is 15.0. The first-order valence-corrected chi connectivity index (χ1v) is 7.65. The third kappa shape index (κ3) is 3.83. The largest absolute Gasteiger partial charge is 0.352 e. The molecule has 1 aromatic rings. The third-order valence-corrected chi connectivity index (χ3v) is 4.42. The van der Waals surface area contributed by atoms with Crippen LogP contribution in [0.3, 0.4) is 0 Å². The maximum Gasteiger partial charge on any atom is 0.224 e. The van der Waals surface area contributed by atoms with Crippen LogP contribution in [0.2, 0.25) is 0 Å². The van der Waals surface area contributed by atoms with E-state index in [-0.39, 0.29) is 11.9 Å². The zero-order valence-corrected chi connectivity index (χ0v) is 12.6. The van der Waals surface area contributed by atoms with E-state index >= 15 is 0 Å². The highest BCUT2D eigenvalue weighted by Crippen LogP contribution is 2.27. The molecule has 0 bridgehead atoms. The van der Waals surface area contributed by atoms with Crippen molar-refractivity contribution in [3.05, 3.63) is 34.9 Å². The Kier molecular flexibility index (Phi) is 5.18. The van der Waals surface area contributed by atoms with E-state index in [9.17, 15) is 4.79 Å². The Morgan fingerprint density at radius 1 is 1.35 bits per heavy atom. The number of carbonyl (C=O) groups is 1. The molecule has 1 aliphatic carbocycles. The van der Waals surface area contributed by atoms with Gasteiger partial charge >= 0.3 is 0 Å². The van der Waals surface area contributed by atoms with Crippen molar-refractivity contribution in [3.63, 3.8) is 0 Å². The molecule has 0 heterocycles. The van der Waals surface area contributed by atoms with Gasteiger partial charge in [-0.05, 0) is 43.7 Å². The topological polar surface area (TPSA) is 55.1 Å². The van der Waals surface area contributed by atoms with Gasteiger partial charge in [0.15, 0.2) is 0 Å². The standard InChI is InChI=1S/C17H26N2O/c1-12-7-8-13(2)15(9-12)10-17(20)19-16(11-18)14-5-3-4-6-14/h7-9,14,16H,3-6,10-11,18H2,1-2H3,(H,19,20). The van der Waals surface area contributed by atoms with Crippen LogP contribution < -0.4 is 11.1 Å². The predicted molar refractivity (Wildman–Crippen MR) is 82.6 cm³/mol. The molecule has 1 fully saturated rings. The van der Waals surface area contributed by atoms with Crippen molar-refractivity contribution < 1.29 is 4.79 Å². The van der Waals surface area contributed by atoms with Gasteiger partial charge in [0.2, 0.25) is 5.91 Å². The Morgan fingerprint density at radius 2 is 2.05 bits per heavy atom. The van der Waals surface area contributed by atoms with E-state index in [0.29, 0.717) is 18.9 Å². The van der Waals surface area contributed by atoms with Crippen molar-refractivity contribution >= 4 is 5.91 Å². The molecule has 110 valence electrons. The number of hydrogen-bond donors (Lipinski definition) is 2. The Hall–Kier alpha value is -1.35. The third-order valence-electron chi connectivity index (χ3n) is 4.42. The fourth-order valence-electron chi connectivity index (χ4n) is 3.15. The number of benzene rings is 1. The van der Waals surface area contributed by atoms with E-state index in [2.05, 4.69) is 37.4 Å². The smallest absolute Gasteiger partial charge is 0.224 e. The Labute approximate surface area is 121 Å². The summed E-state index contributed by atoms with van der Waals surface area (Å²) in [6.45, 7) is 4.66.